The van der Waals surface area contributed by atoms with Crippen LogP contribution in [0.2, 0.25) is 0 Å². The number of benzene rings is 8. The highest BCUT2D eigenvalue weighted by atomic mass is 16.4. The fourth-order valence-corrected chi connectivity index (χ4v) is 7.33. The SMILES string of the molecule is c1ccc(-c2ccc(N(c3ccc(-c4ccccc4)c4ccccc34)c3cccc4c3oc3ccc5oc(-c6ccccc6)nc5c34)cc2)cc1. The van der Waals surface area contributed by atoms with Crippen LogP contribution in [0.15, 0.2) is 191 Å². The van der Waals surface area contributed by atoms with Gasteiger partial charge in [0.15, 0.2) is 11.2 Å². The maximum absolute atomic E-state index is 6.81. The fourth-order valence-electron chi connectivity index (χ4n) is 7.33. The van der Waals surface area contributed by atoms with Crippen molar-refractivity contribution in [3.05, 3.63) is 182 Å². The zero-order valence-electron chi connectivity index (χ0n) is 27.5. The van der Waals surface area contributed by atoms with E-state index in [-0.39, 0.29) is 0 Å². The summed E-state index contributed by atoms with van der Waals surface area (Å²) < 4.78 is 13.1. The molecule has 0 N–H and O–H groups in total. The van der Waals surface area contributed by atoms with Gasteiger partial charge in [-0.15, -0.1) is 0 Å². The number of para-hydroxylation sites is 1. The number of hydrogen-bond acceptors (Lipinski definition) is 4. The lowest BCUT2D eigenvalue weighted by Gasteiger charge is -2.27. The van der Waals surface area contributed by atoms with E-state index >= 15 is 0 Å². The largest absolute Gasteiger partial charge is 0.454 e. The summed E-state index contributed by atoms with van der Waals surface area (Å²) in [7, 11) is 0. The van der Waals surface area contributed by atoms with Crippen molar-refractivity contribution < 1.29 is 8.83 Å². The molecule has 0 saturated carbocycles. The molecule has 0 bridgehead atoms. The van der Waals surface area contributed by atoms with Crippen molar-refractivity contribution in [3.8, 4) is 33.7 Å². The summed E-state index contributed by atoms with van der Waals surface area (Å²) in [4.78, 5) is 7.33. The van der Waals surface area contributed by atoms with Crippen molar-refractivity contribution in [1.29, 1.82) is 0 Å². The number of fused-ring (bicyclic) bond motifs is 6. The Morgan fingerprint density at radius 3 is 1.75 bits per heavy atom. The van der Waals surface area contributed by atoms with Gasteiger partial charge in [-0.2, -0.15) is 0 Å². The number of anilines is 3. The third kappa shape index (κ3) is 4.88. The first kappa shape index (κ1) is 29.0. The van der Waals surface area contributed by atoms with Crippen molar-refractivity contribution in [2.24, 2.45) is 0 Å². The Balaban J connectivity index is 1.21. The van der Waals surface area contributed by atoms with E-state index < -0.39 is 0 Å². The Bertz CT molecular complexity index is 2840. The van der Waals surface area contributed by atoms with Crippen LogP contribution in [0.3, 0.4) is 0 Å². The fraction of sp³-hybridized carbons (Fsp3) is 0. The van der Waals surface area contributed by atoms with Crippen LogP contribution in [-0.4, -0.2) is 4.98 Å². The molecule has 51 heavy (non-hydrogen) atoms. The summed E-state index contributed by atoms with van der Waals surface area (Å²) in [6.45, 7) is 0. The predicted molar refractivity (Wildman–Crippen MR) is 210 cm³/mol. The summed E-state index contributed by atoms with van der Waals surface area (Å²) in [6, 6.07) is 63.3. The number of aromatic nitrogens is 1. The standard InChI is InChI=1S/C47H30N2O2/c1-4-13-31(14-5-1)32-23-25-35(26-24-32)49(40-28-27-36(33-15-6-2-7-16-33)37-19-10-11-20-38(37)40)41-22-12-21-39-44-42(50-46(39)41)29-30-43-45(44)48-47(51-43)34-17-8-3-9-18-34/h1-30H. The molecule has 0 fully saturated rings. The highest BCUT2D eigenvalue weighted by Crippen LogP contribution is 2.47. The molecule has 0 unspecified atom stereocenters. The molecule has 8 aromatic carbocycles. The van der Waals surface area contributed by atoms with Gasteiger partial charge in [0.25, 0.3) is 0 Å². The number of furan rings is 1. The molecule has 4 heteroatoms. The lowest BCUT2D eigenvalue weighted by atomic mass is 9.96. The van der Waals surface area contributed by atoms with Gasteiger partial charge in [-0.25, -0.2) is 4.98 Å². The molecule has 10 rings (SSSR count). The molecule has 2 aromatic heterocycles. The van der Waals surface area contributed by atoms with Crippen molar-refractivity contribution in [1.82, 2.24) is 4.98 Å². The number of rotatable bonds is 6. The molecule has 0 spiro atoms. The van der Waals surface area contributed by atoms with Gasteiger partial charge in [0, 0.05) is 22.0 Å². The van der Waals surface area contributed by atoms with Crippen molar-refractivity contribution in [2.75, 3.05) is 4.90 Å². The molecule has 240 valence electrons. The van der Waals surface area contributed by atoms with Gasteiger partial charge < -0.3 is 13.7 Å². The third-order valence-electron chi connectivity index (χ3n) is 9.72. The van der Waals surface area contributed by atoms with Gasteiger partial charge in [0.2, 0.25) is 5.89 Å². The van der Waals surface area contributed by atoms with E-state index in [9.17, 15) is 0 Å². The maximum Gasteiger partial charge on any atom is 0.227 e. The molecule has 0 aliphatic carbocycles. The second-order valence-corrected chi connectivity index (χ2v) is 12.7. The predicted octanol–water partition coefficient (Wildman–Crippen LogP) is 13.4. The van der Waals surface area contributed by atoms with Crippen molar-refractivity contribution in [3.63, 3.8) is 0 Å². The van der Waals surface area contributed by atoms with Crippen LogP contribution >= 0.6 is 0 Å². The first-order valence-corrected chi connectivity index (χ1v) is 17.1. The Labute approximate surface area is 294 Å². The maximum atomic E-state index is 6.81. The summed E-state index contributed by atoms with van der Waals surface area (Å²) in [5.41, 5.74) is 11.7. The second kappa shape index (κ2) is 11.9. The highest BCUT2D eigenvalue weighted by Gasteiger charge is 2.24. The Morgan fingerprint density at radius 1 is 0.392 bits per heavy atom. The molecule has 4 nitrogen and oxygen atoms in total. The van der Waals surface area contributed by atoms with Gasteiger partial charge in [-0.3, -0.25) is 0 Å². The van der Waals surface area contributed by atoms with Crippen LogP contribution in [0.1, 0.15) is 0 Å². The average molecular weight is 655 g/mol. The molecule has 0 atom stereocenters. The molecular formula is C47H30N2O2. The normalized spacial score (nSPS) is 11.5. The van der Waals surface area contributed by atoms with Crippen LogP contribution in [0.4, 0.5) is 17.1 Å². The monoisotopic (exact) mass is 654 g/mol. The minimum absolute atomic E-state index is 0.591. The first-order chi connectivity index (χ1) is 25.3. The first-order valence-electron chi connectivity index (χ1n) is 17.1. The molecule has 0 aliphatic heterocycles. The smallest absolute Gasteiger partial charge is 0.227 e. The van der Waals surface area contributed by atoms with E-state index in [1.165, 1.54) is 22.1 Å². The van der Waals surface area contributed by atoms with Gasteiger partial charge in [-0.05, 0) is 76.2 Å². The second-order valence-electron chi connectivity index (χ2n) is 12.7. The quantitative estimate of drug-likeness (QED) is 0.179. The summed E-state index contributed by atoms with van der Waals surface area (Å²) in [5, 5.41) is 4.25. The van der Waals surface area contributed by atoms with Crippen molar-refractivity contribution >= 4 is 60.9 Å². The molecule has 0 amide bonds. The van der Waals surface area contributed by atoms with Gasteiger partial charge in [0.05, 0.1) is 16.8 Å². The van der Waals surface area contributed by atoms with Crippen LogP contribution in [0.25, 0.3) is 77.5 Å². The highest BCUT2D eigenvalue weighted by molar-refractivity contribution is 6.20. The zero-order valence-corrected chi connectivity index (χ0v) is 27.5. The van der Waals surface area contributed by atoms with Crippen molar-refractivity contribution in [2.45, 2.75) is 0 Å². The summed E-state index contributed by atoms with van der Waals surface area (Å²) in [5.74, 6) is 0.591. The van der Waals surface area contributed by atoms with Gasteiger partial charge >= 0.3 is 0 Å². The van der Waals surface area contributed by atoms with E-state index in [4.69, 9.17) is 13.8 Å². The molecule has 0 saturated heterocycles. The van der Waals surface area contributed by atoms with E-state index in [2.05, 4.69) is 138 Å². The lowest BCUT2D eigenvalue weighted by molar-refractivity contribution is 0.619. The zero-order chi connectivity index (χ0) is 33.7. The van der Waals surface area contributed by atoms with Gasteiger partial charge in [0.1, 0.15) is 11.1 Å². The molecule has 2 heterocycles. The topological polar surface area (TPSA) is 42.4 Å². The Hall–Kier alpha value is -6.91. The third-order valence-corrected chi connectivity index (χ3v) is 9.72. The Morgan fingerprint density at radius 2 is 1.00 bits per heavy atom. The number of hydrogen-bond donors (Lipinski definition) is 0. The lowest BCUT2D eigenvalue weighted by Crippen LogP contribution is -2.11. The molecule has 0 radical (unpaired) electrons. The number of oxazole rings is 1. The van der Waals surface area contributed by atoms with Crippen LogP contribution in [0, 0.1) is 0 Å². The van der Waals surface area contributed by atoms with E-state index in [0.29, 0.717) is 5.89 Å². The molecular weight excluding hydrogens is 625 g/mol. The van der Waals surface area contributed by atoms with E-state index in [1.807, 2.05) is 48.5 Å². The van der Waals surface area contributed by atoms with E-state index in [1.54, 1.807) is 0 Å². The van der Waals surface area contributed by atoms with E-state index in [0.717, 1.165) is 66.6 Å². The van der Waals surface area contributed by atoms with Crippen LogP contribution in [-0.2, 0) is 0 Å². The van der Waals surface area contributed by atoms with Crippen LogP contribution in [0.5, 0.6) is 0 Å². The van der Waals surface area contributed by atoms with Gasteiger partial charge in [-0.1, -0.05) is 133 Å². The molecule has 0 aliphatic rings. The van der Waals surface area contributed by atoms with Crippen LogP contribution < -0.4 is 4.90 Å². The Kier molecular flexibility index (Phi) is 6.78. The minimum Gasteiger partial charge on any atom is -0.454 e. The summed E-state index contributed by atoms with van der Waals surface area (Å²) in [6.07, 6.45) is 0. The molecule has 10 aromatic rings. The summed E-state index contributed by atoms with van der Waals surface area (Å²) >= 11 is 0. The number of nitrogens with zero attached hydrogens (tertiary/aromatic N) is 2. The average Bonchev–Trinajstić information content (AvgIpc) is 3.82. The minimum atomic E-state index is 0.591.